The highest BCUT2D eigenvalue weighted by Gasteiger charge is 1.83. The van der Waals surface area contributed by atoms with E-state index in [1.54, 1.807) is 7.05 Å². The van der Waals surface area contributed by atoms with Crippen molar-refractivity contribution in [3.63, 3.8) is 0 Å². The molecule has 0 atom stereocenters. The number of nitrogens with zero attached hydrogens (tertiary/aromatic N) is 2. The molecule has 4 heteroatoms. The van der Waals surface area contributed by atoms with Gasteiger partial charge in [-0.05, 0) is 0 Å². The SMILES string of the molecule is Cn1[nH][c]nc1=O. The van der Waals surface area contributed by atoms with Crippen LogP contribution in [0.3, 0.4) is 0 Å². The fourth-order valence-corrected chi connectivity index (χ4v) is 0.271. The molecule has 0 unspecified atom stereocenters. The molecule has 0 aliphatic rings. The first kappa shape index (κ1) is 4.11. The molecule has 37 valence electrons. The van der Waals surface area contributed by atoms with E-state index in [2.05, 4.69) is 16.4 Å². The first-order chi connectivity index (χ1) is 3.30. The first-order valence-corrected chi connectivity index (χ1v) is 1.80. The number of aromatic amines is 1. The summed E-state index contributed by atoms with van der Waals surface area (Å²) in [5.41, 5.74) is -0.306. The van der Waals surface area contributed by atoms with Gasteiger partial charge in [-0.2, -0.15) is 4.98 Å². The second-order valence-corrected chi connectivity index (χ2v) is 1.18. The fraction of sp³-hybridized carbons (Fsp3) is 0.333. The molecule has 1 aromatic rings. The molecule has 7 heavy (non-hydrogen) atoms. The van der Waals surface area contributed by atoms with Gasteiger partial charge in [0.1, 0.15) is 0 Å². The van der Waals surface area contributed by atoms with Crippen molar-refractivity contribution in [1.82, 2.24) is 14.8 Å². The lowest BCUT2D eigenvalue weighted by molar-refractivity contribution is 0.733. The Balaban J connectivity index is 3.39. The van der Waals surface area contributed by atoms with Crippen LogP contribution in [0.1, 0.15) is 0 Å². The van der Waals surface area contributed by atoms with Crippen molar-refractivity contribution in [2.45, 2.75) is 0 Å². The first-order valence-electron chi connectivity index (χ1n) is 1.80. The normalized spacial score (nSPS) is 9.29. The molecule has 1 aromatic heterocycles. The maximum Gasteiger partial charge on any atom is 0.364 e. The predicted octanol–water partition coefficient (Wildman–Crippen LogP) is -1.09. The van der Waals surface area contributed by atoms with Gasteiger partial charge in [0.15, 0.2) is 6.33 Å². The summed E-state index contributed by atoms with van der Waals surface area (Å²) in [5, 5.41) is 2.44. The summed E-state index contributed by atoms with van der Waals surface area (Å²) in [7, 11) is 1.58. The minimum Gasteiger partial charge on any atom is -0.275 e. The van der Waals surface area contributed by atoms with Gasteiger partial charge in [-0.1, -0.05) is 0 Å². The molecule has 1 heterocycles. The molecular formula is C3H4N3O. The zero-order valence-corrected chi connectivity index (χ0v) is 3.80. The lowest BCUT2D eigenvalue weighted by atomic mass is 11.2. The highest BCUT2D eigenvalue weighted by Crippen LogP contribution is 1.52. The van der Waals surface area contributed by atoms with E-state index in [1.165, 1.54) is 4.68 Å². The molecule has 0 aliphatic carbocycles. The molecule has 0 spiro atoms. The van der Waals surface area contributed by atoms with Crippen LogP contribution in [0.25, 0.3) is 0 Å². The third kappa shape index (κ3) is 0.534. The Morgan fingerprint density at radius 1 is 2.00 bits per heavy atom. The van der Waals surface area contributed by atoms with Crippen LogP contribution >= 0.6 is 0 Å². The zero-order valence-electron chi connectivity index (χ0n) is 3.80. The Morgan fingerprint density at radius 2 is 2.71 bits per heavy atom. The molecule has 1 radical (unpaired) electrons. The standard InChI is InChI=1S/C3H4N3O/c1-6-3(7)4-2-5-6/h1H3,(H,4,5,7). The van der Waals surface area contributed by atoms with Gasteiger partial charge in [-0.3, -0.25) is 5.10 Å². The van der Waals surface area contributed by atoms with Gasteiger partial charge in [0.05, 0.1) is 0 Å². The maximum atomic E-state index is 10.2. The molecule has 0 aliphatic heterocycles. The van der Waals surface area contributed by atoms with E-state index in [9.17, 15) is 4.79 Å². The van der Waals surface area contributed by atoms with Crippen molar-refractivity contribution in [1.29, 1.82) is 0 Å². The van der Waals surface area contributed by atoms with Gasteiger partial charge in [0.25, 0.3) is 0 Å². The van der Waals surface area contributed by atoms with Crippen molar-refractivity contribution < 1.29 is 0 Å². The molecular weight excluding hydrogens is 94.1 g/mol. The monoisotopic (exact) mass is 98.0 g/mol. The Bertz CT molecular complexity index is 198. The number of rotatable bonds is 0. The van der Waals surface area contributed by atoms with Crippen molar-refractivity contribution in [2.24, 2.45) is 7.05 Å². The summed E-state index contributed by atoms with van der Waals surface area (Å²) in [6, 6.07) is 0. The number of H-pyrrole nitrogens is 1. The Labute approximate surface area is 39.8 Å². The van der Waals surface area contributed by atoms with E-state index >= 15 is 0 Å². The summed E-state index contributed by atoms with van der Waals surface area (Å²) in [6.07, 6.45) is 2.27. The molecule has 0 aromatic carbocycles. The Kier molecular flexibility index (Phi) is 0.714. The van der Waals surface area contributed by atoms with Crippen LogP contribution in [-0.4, -0.2) is 14.8 Å². The smallest absolute Gasteiger partial charge is 0.275 e. The van der Waals surface area contributed by atoms with Crippen LogP contribution in [0, 0.1) is 6.33 Å². The average molecular weight is 98.1 g/mol. The number of aryl methyl sites for hydroxylation is 1. The minimum atomic E-state index is -0.306. The summed E-state index contributed by atoms with van der Waals surface area (Å²) >= 11 is 0. The van der Waals surface area contributed by atoms with Crippen LogP contribution in [0.4, 0.5) is 0 Å². The molecule has 1 N–H and O–H groups in total. The van der Waals surface area contributed by atoms with Crippen LogP contribution in [0.15, 0.2) is 4.79 Å². The number of aromatic nitrogens is 3. The van der Waals surface area contributed by atoms with Gasteiger partial charge in [-0.15, -0.1) is 0 Å². The van der Waals surface area contributed by atoms with Crippen molar-refractivity contribution in [2.75, 3.05) is 0 Å². The minimum absolute atomic E-state index is 0.306. The quantitative estimate of drug-likeness (QED) is 0.448. The van der Waals surface area contributed by atoms with Gasteiger partial charge >= 0.3 is 5.69 Å². The number of hydrogen-bond donors (Lipinski definition) is 1. The van der Waals surface area contributed by atoms with Gasteiger partial charge < -0.3 is 0 Å². The summed E-state index contributed by atoms with van der Waals surface area (Å²) in [6.45, 7) is 0. The van der Waals surface area contributed by atoms with Crippen LogP contribution < -0.4 is 5.69 Å². The van der Waals surface area contributed by atoms with E-state index in [0.29, 0.717) is 0 Å². The molecule has 0 amide bonds. The van der Waals surface area contributed by atoms with E-state index in [1.807, 2.05) is 0 Å². The number of hydrogen-bond acceptors (Lipinski definition) is 2. The molecule has 0 bridgehead atoms. The Morgan fingerprint density at radius 3 is 2.86 bits per heavy atom. The molecule has 0 saturated carbocycles. The largest absolute Gasteiger partial charge is 0.364 e. The molecule has 0 fully saturated rings. The van der Waals surface area contributed by atoms with Crippen LogP contribution in [-0.2, 0) is 7.05 Å². The van der Waals surface area contributed by atoms with Crippen molar-refractivity contribution in [3.05, 3.63) is 16.8 Å². The van der Waals surface area contributed by atoms with Gasteiger partial charge in [0, 0.05) is 7.05 Å². The third-order valence-electron chi connectivity index (χ3n) is 0.656. The number of nitrogens with one attached hydrogen (secondary N) is 1. The second-order valence-electron chi connectivity index (χ2n) is 1.18. The van der Waals surface area contributed by atoms with Gasteiger partial charge in [-0.25, -0.2) is 9.48 Å². The van der Waals surface area contributed by atoms with Crippen molar-refractivity contribution >= 4 is 0 Å². The third-order valence-corrected chi connectivity index (χ3v) is 0.656. The topological polar surface area (TPSA) is 50.7 Å². The summed E-state index contributed by atoms with van der Waals surface area (Å²) in [4.78, 5) is 13.5. The zero-order chi connectivity index (χ0) is 5.28. The predicted molar refractivity (Wildman–Crippen MR) is 22.7 cm³/mol. The maximum absolute atomic E-state index is 10.2. The average Bonchev–Trinajstić information content (AvgIpc) is 1.91. The second kappa shape index (κ2) is 1.22. The van der Waals surface area contributed by atoms with Crippen molar-refractivity contribution in [3.8, 4) is 0 Å². The summed E-state index contributed by atoms with van der Waals surface area (Å²) in [5.74, 6) is 0. The summed E-state index contributed by atoms with van der Waals surface area (Å²) < 4.78 is 1.24. The van der Waals surface area contributed by atoms with E-state index in [-0.39, 0.29) is 5.69 Å². The molecule has 0 saturated heterocycles. The lowest BCUT2D eigenvalue weighted by Gasteiger charge is -1.76. The fourth-order valence-electron chi connectivity index (χ4n) is 0.271. The highest BCUT2D eigenvalue weighted by atomic mass is 16.1. The van der Waals surface area contributed by atoms with E-state index < -0.39 is 0 Å². The van der Waals surface area contributed by atoms with Crippen LogP contribution in [0.2, 0.25) is 0 Å². The lowest BCUT2D eigenvalue weighted by Crippen LogP contribution is -2.12. The molecule has 1 rings (SSSR count). The Hall–Kier alpha value is -1.06. The molecule has 4 nitrogen and oxygen atoms in total. The highest BCUT2D eigenvalue weighted by molar-refractivity contribution is 4.52. The van der Waals surface area contributed by atoms with Gasteiger partial charge in [0.2, 0.25) is 0 Å². The van der Waals surface area contributed by atoms with E-state index in [0.717, 1.165) is 0 Å². The van der Waals surface area contributed by atoms with Crippen LogP contribution in [0.5, 0.6) is 0 Å². The van der Waals surface area contributed by atoms with E-state index in [4.69, 9.17) is 0 Å².